The van der Waals surface area contributed by atoms with Gasteiger partial charge in [0.05, 0.1) is 59.9 Å². The number of allylic oxidation sites excluding steroid dienone is 2. The number of phenols is 1. The SMILES string of the molecule is COc1ccc(C23C(=O)N(Nc4ccc(Cl)cc4Cl)C(=O)C2CC2C(=CCC4C(=O)N(c5ccc(N6CCOCC6)cc5)C(=O)C42)C3c2cccc(C)c2O)cc1. The molecule has 1 saturated carbocycles. The second-order valence-corrected chi connectivity index (χ2v) is 16.2. The molecule has 0 bridgehead atoms. The Morgan fingerprint density at radius 1 is 0.860 bits per heavy atom. The summed E-state index contributed by atoms with van der Waals surface area (Å²) in [5.74, 6) is -5.14. The summed E-state index contributed by atoms with van der Waals surface area (Å²) in [7, 11) is 1.55. The average molecular weight is 808 g/mol. The molecule has 292 valence electrons. The predicted molar refractivity (Wildman–Crippen MR) is 215 cm³/mol. The molecular formula is C44H40Cl2N4O7. The van der Waals surface area contributed by atoms with E-state index in [0.29, 0.717) is 52.1 Å². The van der Waals surface area contributed by atoms with Crippen LogP contribution in [-0.4, -0.2) is 67.2 Å². The Labute approximate surface area is 339 Å². The van der Waals surface area contributed by atoms with E-state index in [1.807, 2.05) is 24.3 Å². The first-order valence-electron chi connectivity index (χ1n) is 19.1. The number of hydrazine groups is 1. The van der Waals surface area contributed by atoms with Gasteiger partial charge in [-0.1, -0.05) is 65.2 Å². The molecule has 6 unspecified atom stereocenters. The Kier molecular flexibility index (Phi) is 9.30. The molecule has 2 aliphatic carbocycles. The number of benzene rings is 4. The van der Waals surface area contributed by atoms with Gasteiger partial charge in [-0.15, -0.1) is 0 Å². The normalized spacial score (nSPS) is 26.9. The minimum absolute atomic E-state index is 0.0129. The van der Waals surface area contributed by atoms with Crippen LogP contribution in [0.4, 0.5) is 17.1 Å². The van der Waals surface area contributed by atoms with Crippen LogP contribution in [0.3, 0.4) is 0 Å². The van der Waals surface area contributed by atoms with Crippen molar-refractivity contribution in [3.63, 3.8) is 0 Å². The van der Waals surface area contributed by atoms with Crippen molar-refractivity contribution in [2.45, 2.75) is 31.1 Å². The standard InChI is InChI=1S/C44H40Cl2N4O7/c1-24-4-3-5-32(39(24)51)38-30-15-16-31-37(42(54)49(40(31)52)28-11-9-27(10-12-28)48-18-20-57-21-19-48)33(30)23-34-41(53)50(47-36-17-8-26(45)22-35(36)46)43(55)44(34,38)25-6-13-29(56-2)14-7-25/h3-15,17,22,31,33-34,37-38,47,51H,16,18-21,23H2,1-2H3. The summed E-state index contributed by atoms with van der Waals surface area (Å²) in [6.45, 7) is 4.53. The molecule has 11 nitrogen and oxygen atoms in total. The van der Waals surface area contributed by atoms with Crippen molar-refractivity contribution in [1.29, 1.82) is 0 Å². The smallest absolute Gasteiger partial charge is 0.260 e. The van der Waals surface area contributed by atoms with Gasteiger partial charge in [0.25, 0.3) is 11.8 Å². The highest BCUT2D eigenvalue weighted by Gasteiger charge is 2.70. The molecule has 9 rings (SSSR count). The summed E-state index contributed by atoms with van der Waals surface area (Å²) in [5, 5.41) is 13.5. The summed E-state index contributed by atoms with van der Waals surface area (Å²) in [6.07, 6.45) is 2.32. The zero-order chi connectivity index (χ0) is 39.7. The van der Waals surface area contributed by atoms with Crippen LogP contribution < -0.4 is 20.0 Å². The fourth-order valence-electron chi connectivity index (χ4n) is 9.99. The molecule has 4 aromatic rings. The number of amides is 4. The Hall–Kier alpha value is -5.36. The highest BCUT2D eigenvalue weighted by Crippen LogP contribution is 2.65. The maximum Gasteiger partial charge on any atom is 0.260 e. The maximum absolute atomic E-state index is 15.5. The Morgan fingerprint density at radius 2 is 1.58 bits per heavy atom. The number of anilines is 3. The van der Waals surface area contributed by atoms with Gasteiger partial charge in [0.2, 0.25) is 11.8 Å². The van der Waals surface area contributed by atoms with Crippen LogP contribution in [0.5, 0.6) is 11.5 Å². The van der Waals surface area contributed by atoms with Gasteiger partial charge >= 0.3 is 0 Å². The Balaban J connectivity index is 1.18. The van der Waals surface area contributed by atoms with Crippen molar-refractivity contribution in [3.8, 4) is 11.5 Å². The topological polar surface area (TPSA) is 129 Å². The van der Waals surface area contributed by atoms with Gasteiger partial charge in [-0.25, -0.2) is 0 Å². The third-order valence-corrected chi connectivity index (χ3v) is 13.2. The van der Waals surface area contributed by atoms with Crippen molar-refractivity contribution < 1.29 is 33.8 Å². The lowest BCUT2D eigenvalue weighted by Crippen LogP contribution is -2.53. The van der Waals surface area contributed by atoms with Crippen LogP contribution in [0.1, 0.15) is 35.4 Å². The van der Waals surface area contributed by atoms with Crippen LogP contribution in [0.25, 0.3) is 0 Å². The largest absolute Gasteiger partial charge is 0.507 e. The number of aromatic hydroxyl groups is 1. The fraction of sp³-hybridized carbons (Fsp3) is 0.318. The van der Waals surface area contributed by atoms with E-state index in [0.717, 1.165) is 29.4 Å². The van der Waals surface area contributed by atoms with Crippen LogP contribution in [0, 0.1) is 30.6 Å². The molecule has 3 aliphatic heterocycles. The summed E-state index contributed by atoms with van der Waals surface area (Å²) in [5.41, 5.74) is 5.49. The zero-order valence-corrected chi connectivity index (χ0v) is 32.8. The number of methoxy groups -OCH3 is 1. The molecule has 0 radical (unpaired) electrons. The number of hydrogen-bond acceptors (Lipinski definition) is 9. The van der Waals surface area contributed by atoms with Gasteiger partial charge in [0.15, 0.2) is 0 Å². The number of aryl methyl sites for hydroxylation is 1. The minimum atomic E-state index is -1.59. The molecule has 4 fully saturated rings. The van der Waals surface area contributed by atoms with Crippen molar-refractivity contribution in [2.75, 3.05) is 48.6 Å². The second-order valence-electron chi connectivity index (χ2n) is 15.4. The quantitative estimate of drug-likeness (QED) is 0.149. The number of fused-ring (bicyclic) bond motifs is 4. The van der Waals surface area contributed by atoms with Gasteiger partial charge in [0.1, 0.15) is 11.5 Å². The highest BCUT2D eigenvalue weighted by atomic mass is 35.5. The number of halogens is 2. The van der Waals surface area contributed by atoms with Gasteiger partial charge in [0, 0.05) is 35.3 Å². The number of imide groups is 2. The summed E-state index contributed by atoms with van der Waals surface area (Å²) < 4.78 is 11.0. The molecule has 0 spiro atoms. The molecule has 6 atom stereocenters. The number of morpholine rings is 1. The van der Waals surface area contributed by atoms with E-state index in [-0.39, 0.29) is 35.4 Å². The van der Waals surface area contributed by atoms with Crippen molar-refractivity contribution in [2.24, 2.45) is 23.7 Å². The third-order valence-electron chi connectivity index (χ3n) is 12.6. The first kappa shape index (κ1) is 37.2. The Bertz CT molecular complexity index is 2350. The van der Waals surface area contributed by atoms with E-state index in [1.165, 1.54) is 11.0 Å². The van der Waals surface area contributed by atoms with E-state index in [1.54, 1.807) is 74.7 Å². The van der Waals surface area contributed by atoms with Crippen LogP contribution in [0.2, 0.25) is 10.0 Å². The zero-order valence-electron chi connectivity index (χ0n) is 31.3. The van der Waals surface area contributed by atoms with Gasteiger partial charge in [-0.05, 0) is 91.4 Å². The number of para-hydroxylation sites is 1. The molecule has 13 heteroatoms. The minimum Gasteiger partial charge on any atom is -0.507 e. The number of phenolic OH excluding ortho intramolecular Hbond substituents is 1. The molecule has 0 aromatic heterocycles. The Morgan fingerprint density at radius 3 is 2.28 bits per heavy atom. The first-order valence-corrected chi connectivity index (χ1v) is 19.8. The van der Waals surface area contributed by atoms with E-state index >= 15 is 9.59 Å². The van der Waals surface area contributed by atoms with Crippen molar-refractivity contribution in [3.05, 3.63) is 123 Å². The van der Waals surface area contributed by atoms with Crippen molar-refractivity contribution >= 4 is 63.9 Å². The van der Waals surface area contributed by atoms with E-state index < -0.39 is 46.8 Å². The number of ether oxygens (including phenoxy) is 2. The highest BCUT2D eigenvalue weighted by molar-refractivity contribution is 6.36. The van der Waals surface area contributed by atoms with E-state index in [4.69, 9.17) is 32.7 Å². The molecule has 5 aliphatic rings. The monoisotopic (exact) mass is 806 g/mol. The summed E-state index contributed by atoms with van der Waals surface area (Å²) >= 11 is 12.8. The first-order chi connectivity index (χ1) is 27.5. The van der Waals surface area contributed by atoms with Gasteiger partial charge in [-0.3, -0.25) is 29.5 Å². The third kappa shape index (κ3) is 5.73. The lowest BCUT2D eigenvalue weighted by atomic mass is 9.49. The lowest BCUT2D eigenvalue weighted by molar-refractivity contribution is -0.138. The molecule has 4 amide bonds. The lowest BCUT2D eigenvalue weighted by Gasteiger charge is -2.50. The molecule has 2 N–H and O–H groups in total. The number of carbonyl (C=O) groups excluding carboxylic acids is 4. The van der Waals surface area contributed by atoms with Crippen LogP contribution in [0.15, 0.2) is 96.6 Å². The van der Waals surface area contributed by atoms with Gasteiger partial charge < -0.3 is 19.5 Å². The molecule has 3 heterocycles. The number of nitrogens with zero attached hydrogens (tertiary/aromatic N) is 3. The molecule has 4 aromatic carbocycles. The molecular weight excluding hydrogens is 767 g/mol. The van der Waals surface area contributed by atoms with E-state index in [2.05, 4.69) is 10.3 Å². The number of carbonyl (C=O) groups is 4. The predicted octanol–water partition coefficient (Wildman–Crippen LogP) is 7.04. The van der Waals surface area contributed by atoms with Crippen LogP contribution in [-0.2, 0) is 29.3 Å². The average Bonchev–Trinajstić information content (AvgIpc) is 3.61. The number of rotatable bonds is 7. The summed E-state index contributed by atoms with van der Waals surface area (Å²) in [4.78, 5) is 63.1. The van der Waals surface area contributed by atoms with Crippen LogP contribution >= 0.6 is 23.2 Å². The van der Waals surface area contributed by atoms with Gasteiger partial charge in [-0.2, -0.15) is 5.01 Å². The summed E-state index contributed by atoms with van der Waals surface area (Å²) in [6, 6.07) is 24.6. The number of hydrogen-bond donors (Lipinski definition) is 2. The van der Waals surface area contributed by atoms with E-state index in [9.17, 15) is 14.7 Å². The van der Waals surface area contributed by atoms with Crippen molar-refractivity contribution in [1.82, 2.24) is 5.01 Å². The molecule has 57 heavy (non-hydrogen) atoms. The maximum atomic E-state index is 15.5. The molecule has 3 saturated heterocycles. The fourth-order valence-corrected chi connectivity index (χ4v) is 10.4. The second kappa shape index (κ2) is 14.2. The number of nitrogens with one attached hydrogen (secondary N) is 1.